The Kier molecular flexibility index (Phi) is 5.22. The lowest BCUT2D eigenvalue weighted by molar-refractivity contribution is -0.0808. The monoisotopic (exact) mass is 418 g/mol. The van der Waals surface area contributed by atoms with E-state index in [1.165, 1.54) is 12.1 Å². The first kappa shape index (κ1) is 21.5. The molecule has 0 radical (unpaired) electrons. The van der Waals surface area contributed by atoms with E-state index in [4.69, 9.17) is 0 Å². The van der Waals surface area contributed by atoms with Crippen LogP contribution in [0.3, 0.4) is 0 Å². The van der Waals surface area contributed by atoms with E-state index in [1.807, 2.05) is 27.7 Å². The van der Waals surface area contributed by atoms with Gasteiger partial charge in [0.1, 0.15) is 0 Å². The van der Waals surface area contributed by atoms with E-state index in [2.05, 4.69) is 10.6 Å². The summed E-state index contributed by atoms with van der Waals surface area (Å²) in [6.45, 7) is 7.51. The van der Waals surface area contributed by atoms with Crippen LogP contribution in [0.1, 0.15) is 48.4 Å². The van der Waals surface area contributed by atoms with E-state index in [0.29, 0.717) is 0 Å². The van der Waals surface area contributed by atoms with Gasteiger partial charge >= 0.3 is 0 Å². The van der Waals surface area contributed by atoms with Gasteiger partial charge in [0.2, 0.25) is 0 Å². The molecular weight excluding hydrogens is 394 g/mol. The summed E-state index contributed by atoms with van der Waals surface area (Å²) in [7, 11) is 0. The molecule has 0 spiro atoms. The number of aromatic hydroxyl groups is 2. The molecule has 0 aromatic heterocycles. The van der Waals surface area contributed by atoms with Crippen LogP contribution in [0.15, 0.2) is 36.4 Å². The molecule has 0 aliphatic heterocycles. The second kappa shape index (κ2) is 7.27. The zero-order valence-electron chi connectivity index (χ0n) is 17.1. The minimum atomic E-state index is -0.888. The van der Waals surface area contributed by atoms with Gasteiger partial charge in [0.15, 0.2) is 23.1 Å². The molecule has 1 saturated carbocycles. The van der Waals surface area contributed by atoms with E-state index in [0.717, 1.165) is 24.3 Å². The Labute approximate surface area is 172 Å². The third-order valence-electron chi connectivity index (χ3n) is 5.95. The van der Waals surface area contributed by atoms with Crippen molar-refractivity contribution in [3.63, 3.8) is 0 Å². The molecule has 4 N–H and O–H groups in total. The first-order chi connectivity index (χ1) is 13.9. The van der Waals surface area contributed by atoms with Crippen LogP contribution in [0.5, 0.6) is 11.5 Å². The number of halogens is 2. The first-order valence-electron chi connectivity index (χ1n) is 9.44. The van der Waals surface area contributed by atoms with E-state index < -0.39 is 45.8 Å². The fourth-order valence-corrected chi connectivity index (χ4v) is 4.62. The number of rotatable bonds is 4. The highest BCUT2D eigenvalue weighted by Gasteiger charge is 2.62. The number of phenols is 2. The number of carbonyl (C=O) groups excluding carboxylic acids is 2. The van der Waals surface area contributed by atoms with Crippen LogP contribution in [-0.2, 0) is 0 Å². The van der Waals surface area contributed by atoms with Crippen LogP contribution < -0.4 is 10.6 Å². The quantitative estimate of drug-likeness (QED) is 0.612. The molecule has 2 aromatic rings. The van der Waals surface area contributed by atoms with Crippen molar-refractivity contribution in [2.45, 2.75) is 39.8 Å². The fourth-order valence-electron chi connectivity index (χ4n) is 4.62. The van der Waals surface area contributed by atoms with Crippen molar-refractivity contribution < 1.29 is 28.6 Å². The van der Waals surface area contributed by atoms with Crippen molar-refractivity contribution in [1.29, 1.82) is 0 Å². The second-order valence-corrected chi connectivity index (χ2v) is 8.79. The Hall–Kier alpha value is -3.16. The lowest BCUT2D eigenvalue weighted by atomic mass is 9.48. The summed E-state index contributed by atoms with van der Waals surface area (Å²) in [5.74, 6) is -3.84. The lowest BCUT2D eigenvalue weighted by Gasteiger charge is -2.64. The molecule has 0 unspecified atom stereocenters. The fraction of sp³-hybridized carbons (Fsp3) is 0.364. The molecule has 0 heterocycles. The standard InChI is InChI=1S/C22H24F2N2O4/c1-21(2)19(25-17(29)11-5-7-15(27)13(23)9-11)22(3,4)20(21)26-18(30)12-6-8-16(28)14(24)10-12/h5-10,19-20,27-28H,1-4H3,(H,25,29)(H,26,30). The molecule has 0 bridgehead atoms. The highest BCUT2D eigenvalue weighted by atomic mass is 19.1. The summed E-state index contributed by atoms with van der Waals surface area (Å²) in [4.78, 5) is 25.2. The van der Waals surface area contributed by atoms with Crippen molar-refractivity contribution in [2.75, 3.05) is 0 Å². The first-order valence-corrected chi connectivity index (χ1v) is 9.44. The van der Waals surface area contributed by atoms with Gasteiger partial charge in [-0.2, -0.15) is 0 Å². The Morgan fingerprint density at radius 3 is 1.40 bits per heavy atom. The van der Waals surface area contributed by atoms with Crippen LogP contribution in [0.4, 0.5) is 8.78 Å². The number of hydrogen-bond donors (Lipinski definition) is 4. The van der Waals surface area contributed by atoms with Gasteiger partial charge in [-0.15, -0.1) is 0 Å². The van der Waals surface area contributed by atoms with Crippen molar-refractivity contribution >= 4 is 11.8 Å². The van der Waals surface area contributed by atoms with Crippen LogP contribution in [0, 0.1) is 22.5 Å². The molecule has 3 rings (SSSR count). The van der Waals surface area contributed by atoms with E-state index in [1.54, 1.807) is 0 Å². The molecule has 0 atom stereocenters. The Morgan fingerprint density at radius 2 is 1.10 bits per heavy atom. The van der Waals surface area contributed by atoms with Crippen molar-refractivity contribution in [1.82, 2.24) is 10.6 Å². The van der Waals surface area contributed by atoms with Gasteiger partial charge in [-0.25, -0.2) is 8.78 Å². The summed E-state index contributed by atoms with van der Waals surface area (Å²) in [5, 5.41) is 24.4. The molecule has 8 heteroatoms. The van der Waals surface area contributed by atoms with E-state index in [9.17, 15) is 28.6 Å². The van der Waals surface area contributed by atoms with Gasteiger partial charge in [0.05, 0.1) is 0 Å². The zero-order chi connectivity index (χ0) is 22.4. The Balaban J connectivity index is 1.75. The van der Waals surface area contributed by atoms with Gasteiger partial charge < -0.3 is 20.8 Å². The topological polar surface area (TPSA) is 98.7 Å². The summed E-state index contributed by atoms with van der Waals surface area (Å²) in [5.41, 5.74) is -0.965. The summed E-state index contributed by atoms with van der Waals surface area (Å²) >= 11 is 0. The Bertz CT molecular complexity index is 927. The molecule has 160 valence electrons. The number of carbonyl (C=O) groups is 2. The van der Waals surface area contributed by atoms with Gasteiger partial charge in [-0.1, -0.05) is 27.7 Å². The van der Waals surface area contributed by atoms with E-state index in [-0.39, 0.29) is 23.2 Å². The molecule has 1 fully saturated rings. The highest BCUT2D eigenvalue weighted by Crippen LogP contribution is 2.54. The summed E-state index contributed by atoms with van der Waals surface area (Å²) < 4.78 is 27.2. The molecule has 2 amide bonds. The van der Waals surface area contributed by atoms with Gasteiger partial charge in [0, 0.05) is 34.0 Å². The predicted molar refractivity (Wildman–Crippen MR) is 106 cm³/mol. The largest absolute Gasteiger partial charge is 0.505 e. The minimum Gasteiger partial charge on any atom is -0.505 e. The lowest BCUT2D eigenvalue weighted by Crippen LogP contribution is -2.77. The normalized spacial score (nSPS) is 21.4. The number of amides is 2. The zero-order valence-corrected chi connectivity index (χ0v) is 17.1. The third-order valence-corrected chi connectivity index (χ3v) is 5.95. The molecule has 30 heavy (non-hydrogen) atoms. The average molecular weight is 418 g/mol. The van der Waals surface area contributed by atoms with Crippen LogP contribution in [0.2, 0.25) is 0 Å². The van der Waals surface area contributed by atoms with Crippen LogP contribution in [-0.4, -0.2) is 34.1 Å². The molecule has 6 nitrogen and oxygen atoms in total. The predicted octanol–water partition coefficient (Wildman–Crippen LogP) is 3.34. The van der Waals surface area contributed by atoms with E-state index >= 15 is 0 Å². The van der Waals surface area contributed by atoms with Crippen LogP contribution >= 0.6 is 0 Å². The SMILES string of the molecule is CC1(C)C(NC(=O)c2ccc(O)c(F)c2)C(C)(C)C1NC(=O)c1ccc(O)c(F)c1. The Morgan fingerprint density at radius 1 is 0.767 bits per heavy atom. The van der Waals surface area contributed by atoms with Crippen molar-refractivity contribution in [2.24, 2.45) is 10.8 Å². The molecule has 1 aliphatic rings. The third kappa shape index (κ3) is 3.58. The molecule has 1 aliphatic carbocycles. The summed E-state index contributed by atoms with van der Waals surface area (Å²) in [6.07, 6.45) is 0. The molecule has 2 aromatic carbocycles. The molecule has 0 saturated heterocycles. The van der Waals surface area contributed by atoms with Gasteiger partial charge in [0.25, 0.3) is 11.8 Å². The smallest absolute Gasteiger partial charge is 0.251 e. The molecular formula is C22H24F2N2O4. The number of benzene rings is 2. The second-order valence-electron chi connectivity index (χ2n) is 8.79. The van der Waals surface area contributed by atoms with Gasteiger partial charge in [-0.05, 0) is 36.4 Å². The number of phenolic OH excluding ortho intramolecular Hbond substituents is 2. The highest BCUT2D eigenvalue weighted by molar-refractivity contribution is 5.96. The maximum absolute atomic E-state index is 13.6. The number of hydrogen-bond acceptors (Lipinski definition) is 4. The average Bonchev–Trinajstić information content (AvgIpc) is 2.67. The minimum absolute atomic E-state index is 0.0731. The maximum atomic E-state index is 13.6. The number of nitrogens with one attached hydrogen (secondary N) is 2. The van der Waals surface area contributed by atoms with Gasteiger partial charge in [-0.3, -0.25) is 9.59 Å². The van der Waals surface area contributed by atoms with Crippen molar-refractivity contribution in [3.05, 3.63) is 59.2 Å². The maximum Gasteiger partial charge on any atom is 0.251 e. The summed E-state index contributed by atoms with van der Waals surface area (Å²) in [6, 6.07) is 6.09. The van der Waals surface area contributed by atoms with Crippen molar-refractivity contribution in [3.8, 4) is 11.5 Å². The van der Waals surface area contributed by atoms with Crippen LogP contribution in [0.25, 0.3) is 0 Å².